The molecular weight excluding hydrogens is 250 g/mol. The lowest BCUT2D eigenvalue weighted by molar-refractivity contribution is -0.117. The third kappa shape index (κ3) is 5.02. The van der Waals surface area contributed by atoms with E-state index in [1.807, 2.05) is 36.2 Å². The van der Waals surface area contributed by atoms with E-state index in [2.05, 4.69) is 32.2 Å². The van der Waals surface area contributed by atoms with Crippen LogP contribution in [0.25, 0.3) is 0 Å². The van der Waals surface area contributed by atoms with Gasteiger partial charge in [-0.05, 0) is 24.1 Å². The van der Waals surface area contributed by atoms with Crippen LogP contribution in [0.2, 0.25) is 0 Å². The zero-order valence-corrected chi connectivity index (χ0v) is 12.7. The number of benzene rings is 1. The maximum Gasteiger partial charge on any atom is 0.238 e. The number of nitrogens with zero attached hydrogens (tertiary/aromatic N) is 2. The van der Waals surface area contributed by atoms with Crippen molar-refractivity contribution in [3.8, 4) is 6.07 Å². The average Bonchev–Trinajstić information content (AvgIpc) is 2.35. The first-order chi connectivity index (χ1) is 9.34. The molecule has 0 aliphatic heterocycles. The third-order valence-corrected chi connectivity index (χ3v) is 3.03. The molecule has 4 heteroatoms. The molecule has 1 N–H and O–H groups in total. The first-order valence-electron chi connectivity index (χ1n) is 6.79. The molecule has 1 rings (SSSR count). The molecule has 1 aromatic rings. The van der Waals surface area contributed by atoms with Crippen molar-refractivity contribution < 1.29 is 4.79 Å². The van der Waals surface area contributed by atoms with Crippen LogP contribution in [0, 0.1) is 11.3 Å². The van der Waals surface area contributed by atoms with E-state index in [0.717, 1.165) is 11.3 Å². The maximum atomic E-state index is 12.0. The van der Waals surface area contributed by atoms with Gasteiger partial charge in [0.2, 0.25) is 5.91 Å². The molecular formula is C16H23N3O. The van der Waals surface area contributed by atoms with E-state index in [1.165, 1.54) is 0 Å². The third-order valence-electron chi connectivity index (χ3n) is 3.03. The highest BCUT2D eigenvalue weighted by atomic mass is 16.2. The minimum atomic E-state index is -0.0536. The van der Waals surface area contributed by atoms with Gasteiger partial charge in [-0.15, -0.1) is 0 Å². The Balaban J connectivity index is 2.70. The molecule has 20 heavy (non-hydrogen) atoms. The van der Waals surface area contributed by atoms with E-state index in [4.69, 9.17) is 5.26 Å². The van der Waals surface area contributed by atoms with Gasteiger partial charge in [-0.1, -0.05) is 39.0 Å². The summed E-state index contributed by atoms with van der Waals surface area (Å²) in [6.07, 6.45) is 0.433. The zero-order valence-electron chi connectivity index (χ0n) is 12.7. The molecule has 0 atom stereocenters. The maximum absolute atomic E-state index is 12.0. The summed E-state index contributed by atoms with van der Waals surface area (Å²) < 4.78 is 0. The van der Waals surface area contributed by atoms with Gasteiger partial charge in [0, 0.05) is 18.7 Å². The van der Waals surface area contributed by atoms with Crippen LogP contribution in [0.1, 0.15) is 32.8 Å². The molecule has 1 amide bonds. The van der Waals surface area contributed by atoms with E-state index >= 15 is 0 Å². The Bertz CT molecular complexity index is 497. The van der Waals surface area contributed by atoms with Crippen molar-refractivity contribution in [3.05, 3.63) is 29.8 Å². The molecule has 0 unspecified atom stereocenters. The number of nitrogens with one attached hydrogen (secondary N) is 1. The second-order valence-corrected chi connectivity index (χ2v) is 5.99. The topological polar surface area (TPSA) is 56.1 Å². The highest BCUT2D eigenvalue weighted by molar-refractivity contribution is 5.93. The number of rotatable bonds is 5. The number of hydrogen-bond acceptors (Lipinski definition) is 3. The summed E-state index contributed by atoms with van der Waals surface area (Å²) >= 11 is 0. The van der Waals surface area contributed by atoms with Crippen LogP contribution >= 0.6 is 0 Å². The fourth-order valence-corrected chi connectivity index (χ4v) is 2.00. The zero-order chi connectivity index (χ0) is 15.2. The Morgan fingerprint density at radius 2 is 2.00 bits per heavy atom. The van der Waals surface area contributed by atoms with Crippen molar-refractivity contribution in [2.75, 3.05) is 25.5 Å². The monoisotopic (exact) mass is 273 g/mol. The van der Waals surface area contributed by atoms with Crippen LogP contribution in [0.15, 0.2) is 24.3 Å². The second kappa shape index (κ2) is 7.06. The summed E-state index contributed by atoms with van der Waals surface area (Å²) in [5, 5.41) is 11.5. The SMILES string of the molecule is CN(CCC#N)CC(=O)Nc1ccccc1C(C)(C)C. The number of para-hydroxylation sites is 1. The first-order valence-corrected chi connectivity index (χ1v) is 6.79. The number of nitriles is 1. The van der Waals surface area contributed by atoms with Crippen molar-refractivity contribution >= 4 is 11.6 Å². The highest BCUT2D eigenvalue weighted by Gasteiger charge is 2.18. The lowest BCUT2D eigenvalue weighted by Gasteiger charge is -2.23. The lowest BCUT2D eigenvalue weighted by Crippen LogP contribution is -2.31. The number of hydrogen-bond donors (Lipinski definition) is 1. The van der Waals surface area contributed by atoms with Gasteiger partial charge in [0.05, 0.1) is 12.6 Å². The smallest absolute Gasteiger partial charge is 0.238 e. The van der Waals surface area contributed by atoms with Crippen LogP contribution in [-0.4, -0.2) is 30.9 Å². The standard InChI is InChI=1S/C16H23N3O/c1-16(2,3)13-8-5-6-9-14(13)18-15(20)12-19(4)11-7-10-17/h5-6,8-9H,7,11-12H2,1-4H3,(H,18,20). The number of carbonyl (C=O) groups is 1. The summed E-state index contributed by atoms with van der Waals surface area (Å²) in [7, 11) is 1.84. The summed E-state index contributed by atoms with van der Waals surface area (Å²) in [5.74, 6) is -0.0536. The predicted octanol–water partition coefficient (Wildman–Crippen LogP) is 2.77. The fourth-order valence-electron chi connectivity index (χ4n) is 2.00. The molecule has 0 aliphatic rings. The Morgan fingerprint density at radius 1 is 1.35 bits per heavy atom. The van der Waals surface area contributed by atoms with Crippen molar-refractivity contribution in [3.63, 3.8) is 0 Å². The fraction of sp³-hybridized carbons (Fsp3) is 0.500. The van der Waals surface area contributed by atoms with Gasteiger partial charge in [0.25, 0.3) is 0 Å². The van der Waals surface area contributed by atoms with Gasteiger partial charge >= 0.3 is 0 Å². The van der Waals surface area contributed by atoms with Gasteiger partial charge in [-0.2, -0.15) is 5.26 Å². The Morgan fingerprint density at radius 3 is 2.60 bits per heavy atom. The molecule has 108 valence electrons. The van der Waals surface area contributed by atoms with E-state index in [1.54, 1.807) is 0 Å². The quantitative estimate of drug-likeness (QED) is 0.897. The van der Waals surface area contributed by atoms with Crippen LogP contribution in [-0.2, 0) is 10.2 Å². The molecule has 1 aromatic carbocycles. The van der Waals surface area contributed by atoms with Gasteiger partial charge in [0.1, 0.15) is 0 Å². The number of anilines is 1. The molecule has 0 radical (unpaired) electrons. The summed E-state index contributed by atoms with van der Waals surface area (Å²) in [6.45, 7) is 7.26. The molecule has 0 heterocycles. The van der Waals surface area contributed by atoms with E-state index in [-0.39, 0.29) is 11.3 Å². The second-order valence-electron chi connectivity index (χ2n) is 5.99. The van der Waals surface area contributed by atoms with E-state index in [9.17, 15) is 4.79 Å². The van der Waals surface area contributed by atoms with E-state index < -0.39 is 0 Å². The molecule has 0 spiro atoms. The number of amides is 1. The lowest BCUT2D eigenvalue weighted by atomic mass is 9.86. The molecule has 0 fully saturated rings. The van der Waals surface area contributed by atoms with Crippen LogP contribution in [0.5, 0.6) is 0 Å². The van der Waals surface area contributed by atoms with Gasteiger partial charge in [-0.3, -0.25) is 9.69 Å². The van der Waals surface area contributed by atoms with Crippen molar-refractivity contribution in [1.29, 1.82) is 5.26 Å². The number of carbonyl (C=O) groups excluding carboxylic acids is 1. The molecule has 4 nitrogen and oxygen atoms in total. The van der Waals surface area contributed by atoms with Gasteiger partial charge in [-0.25, -0.2) is 0 Å². The Kier molecular flexibility index (Phi) is 5.72. The van der Waals surface area contributed by atoms with Crippen LogP contribution in [0.3, 0.4) is 0 Å². The minimum absolute atomic E-state index is 0.0173. The van der Waals surface area contributed by atoms with Gasteiger partial charge in [0.15, 0.2) is 0 Å². The largest absolute Gasteiger partial charge is 0.325 e. The minimum Gasteiger partial charge on any atom is -0.325 e. The summed E-state index contributed by atoms with van der Waals surface area (Å²) in [6, 6.07) is 9.94. The number of likely N-dealkylation sites (N-methyl/N-ethyl adjacent to an activating group) is 1. The van der Waals surface area contributed by atoms with Gasteiger partial charge < -0.3 is 5.32 Å². The molecule has 0 aromatic heterocycles. The van der Waals surface area contributed by atoms with Crippen molar-refractivity contribution in [2.45, 2.75) is 32.6 Å². The first kappa shape index (κ1) is 16.2. The molecule has 0 bridgehead atoms. The summed E-state index contributed by atoms with van der Waals surface area (Å²) in [5.41, 5.74) is 1.96. The highest BCUT2D eigenvalue weighted by Crippen LogP contribution is 2.29. The molecule has 0 aliphatic carbocycles. The normalized spacial score (nSPS) is 11.2. The van der Waals surface area contributed by atoms with E-state index in [0.29, 0.717) is 19.5 Å². The summed E-state index contributed by atoms with van der Waals surface area (Å²) in [4.78, 5) is 13.9. The molecule has 0 saturated heterocycles. The Hall–Kier alpha value is -1.86. The molecule has 0 saturated carbocycles. The van der Waals surface area contributed by atoms with Crippen molar-refractivity contribution in [1.82, 2.24) is 4.90 Å². The van der Waals surface area contributed by atoms with Crippen LogP contribution in [0.4, 0.5) is 5.69 Å². The average molecular weight is 273 g/mol. The van der Waals surface area contributed by atoms with Crippen molar-refractivity contribution in [2.24, 2.45) is 0 Å². The van der Waals surface area contributed by atoms with Crippen LogP contribution < -0.4 is 5.32 Å². The predicted molar refractivity (Wildman–Crippen MR) is 81.5 cm³/mol. The Labute approximate surface area is 121 Å².